The molecule has 0 aliphatic carbocycles. The van der Waals surface area contributed by atoms with Gasteiger partial charge in [0, 0.05) is 12.0 Å². The lowest BCUT2D eigenvalue weighted by molar-refractivity contribution is 0.0712. The van der Waals surface area contributed by atoms with Crippen LogP contribution in [0.5, 0.6) is 5.75 Å². The van der Waals surface area contributed by atoms with Crippen LogP contribution in [-0.2, 0) is 10.0 Å². The summed E-state index contributed by atoms with van der Waals surface area (Å²) < 4.78 is 42.2. The Morgan fingerprint density at radius 2 is 2.11 bits per heavy atom. The molecule has 0 radical (unpaired) electrons. The third-order valence-corrected chi connectivity index (χ3v) is 4.92. The molecule has 0 amide bonds. The van der Waals surface area contributed by atoms with Gasteiger partial charge in [0.1, 0.15) is 17.2 Å². The van der Waals surface area contributed by atoms with E-state index in [1.54, 1.807) is 13.0 Å². The number of nitrogens with two attached hydrogens (primary N) is 1. The van der Waals surface area contributed by atoms with Crippen molar-refractivity contribution in [2.24, 2.45) is 5.14 Å². The number of hydrogen-bond acceptors (Lipinski definition) is 3. The number of hydrogen-bond donors (Lipinski definition) is 1. The molecule has 1 heterocycles. The fraction of sp³-hybridized carbons (Fsp3) is 0.538. The van der Waals surface area contributed by atoms with E-state index in [1.807, 2.05) is 13.8 Å². The monoisotopic (exact) mass is 287 g/mol. The minimum Gasteiger partial charge on any atom is -0.487 e. The molecule has 2 atom stereocenters. The van der Waals surface area contributed by atoms with E-state index in [-0.39, 0.29) is 5.92 Å². The lowest BCUT2D eigenvalue weighted by Crippen LogP contribution is -2.41. The van der Waals surface area contributed by atoms with Gasteiger partial charge in [0.05, 0.1) is 5.25 Å². The van der Waals surface area contributed by atoms with Crippen LogP contribution in [0.3, 0.4) is 0 Å². The molecule has 6 heteroatoms. The van der Waals surface area contributed by atoms with Gasteiger partial charge in [0.25, 0.3) is 0 Å². The largest absolute Gasteiger partial charge is 0.487 e. The summed E-state index contributed by atoms with van der Waals surface area (Å²) in [7, 11) is -3.65. The second-order valence-corrected chi connectivity index (χ2v) is 7.57. The van der Waals surface area contributed by atoms with Gasteiger partial charge in [0.15, 0.2) is 0 Å². The predicted octanol–water partition coefficient (Wildman–Crippen LogP) is 2.15. The lowest BCUT2D eigenvalue weighted by atomic mass is 9.82. The summed E-state index contributed by atoms with van der Waals surface area (Å²) in [6.07, 6.45) is 0.517. The zero-order chi connectivity index (χ0) is 14.4. The fourth-order valence-electron chi connectivity index (χ4n) is 2.53. The smallest absolute Gasteiger partial charge is 0.212 e. The molecule has 1 aliphatic heterocycles. The van der Waals surface area contributed by atoms with Crippen LogP contribution in [0.4, 0.5) is 4.39 Å². The standard InChI is InChI=1S/C13H18FNO3S/c1-8(19(15,16)17)11-7-13(2,3)18-12-6-9(14)4-5-10(11)12/h4-6,8,11H,7H2,1-3H3,(H2,15,16,17)/t8-,11+/m1/s1. The molecular weight excluding hydrogens is 269 g/mol. The molecule has 0 fully saturated rings. The van der Waals surface area contributed by atoms with E-state index in [9.17, 15) is 12.8 Å². The number of rotatable bonds is 2. The molecule has 0 saturated heterocycles. The van der Waals surface area contributed by atoms with Crippen molar-refractivity contribution >= 4 is 10.0 Å². The van der Waals surface area contributed by atoms with E-state index in [4.69, 9.17) is 9.88 Å². The van der Waals surface area contributed by atoms with Gasteiger partial charge in [-0.05, 0) is 38.8 Å². The number of primary sulfonamides is 1. The Kier molecular flexibility index (Phi) is 3.35. The zero-order valence-electron chi connectivity index (χ0n) is 11.2. The lowest BCUT2D eigenvalue weighted by Gasteiger charge is -2.39. The Morgan fingerprint density at radius 3 is 2.68 bits per heavy atom. The van der Waals surface area contributed by atoms with E-state index in [1.165, 1.54) is 12.1 Å². The first-order chi connectivity index (χ1) is 8.60. The van der Waals surface area contributed by atoms with E-state index in [2.05, 4.69) is 0 Å². The van der Waals surface area contributed by atoms with Crippen LogP contribution in [0.25, 0.3) is 0 Å². The number of ether oxygens (including phenoxy) is 1. The summed E-state index contributed by atoms with van der Waals surface area (Å²) in [4.78, 5) is 0. The summed E-state index contributed by atoms with van der Waals surface area (Å²) >= 11 is 0. The topological polar surface area (TPSA) is 69.4 Å². The van der Waals surface area contributed by atoms with E-state index in [0.717, 1.165) is 0 Å². The van der Waals surface area contributed by atoms with Crippen LogP contribution in [0.1, 0.15) is 38.7 Å². The average Bonchev–Trinajstić information content (AvgIpc) is 2.23. The average molecular weight is 287 g/mol. The maximum absolute atomic E-state index is 13.3. The molecule has 4 nitrogen and oxygen atoms in total. The number of benzene rings is 1. The molecule has 2 rings (SSSR count). The van der Waals surface area contributed by atoms with Crippen molar-refractivity contribution in [3.8, 4) is 5.75 Å². The van der Waals surface area contributed by atoms with Crippen molar-refractivity contribution in [3.63, 3.8) is 0 Å². The Morgan fingerprint density at radius 1 is 1.47 bits per heavy atom. The third-order valence-electron chi connectivity index (χ3n) is 3.56. The third kappa shape index (κ3) is 2.90. The quantitative estimate of drug-likeness (QED) is 0.906. The Bertz CT molecular complexity index is 598. The van der Waals surface area contributed by atoms with Gasteiger partial charge in [-0.25, -0.2) is 17.9 Å². The maximum atomic E-state index is 13.3. The van der Waals surface area contributed by atoms with Crippen molar-refractivity contribution in [2.45, 2.75) is 44.0 Å². The Hall–Kier alpha value is -1.14. The number of sulfonamides is 1. The molecule has 0 spiro atoms. The highest BCUT2D eigenvalue weighted by Crippen LogP contribution is 2.43. The highest BCUT2D eigenvalue weighted by molar-refractivity contribution is 7.89. The first-order valence-corrected chi connectivity index (χ1v) is 7.71. The van der Waals surface area contributed by atoms with Crippen LogP contribution >= 0.6 is 0 Å². The first-order valence-electron chi connectivity index (χ1n) is 6.10. The summed E-state index contributed by atoms with van der Waals surface area (Å²) in [5.41, 5.74) is 0.145. The highest BCUT2D eigenvalue weighted by atomic mass is 32.2. The molecule has 1 aromatic carbocycles. The van der Waals surface area contributed by atoms with Crippen molar-refractivity contribution in [3.05, 3.63) is 29.6 Å². The van der Waals surface area contributed by atoms with Crippen molar-refractivity contribution < 1.29 is 17.5 Å². The van der Waals surface area contributed by atoms with E-state index < -0.39 is 26.7 Å². The number of fused-ring (bicyclic) bond motifs is 1. The fourth-order valence-corrected chi connectivity index (χ4v) is 3.23. The summed E-state index contributed by atoms with van der Waals surface area (Å²) in [5, 5.41) is 4.51. The van der Waals surface area contributed by atoms with Crippen LogP contribution in [0, 0.1) is 5.82 Å². The van der Waals surface area contributed by atoms with Crippen molar-refractivity contribution in [1.82, 2.24) is 0 Å². The van der Waals surface area contributed by atoms with Crippen molar-refractivity contribution in [1.29, 1.82) is 0 Å². The van der Waals surface area contributed by atoms with Crippen LogP contribution in [-0.4, -0.2) is 19.3 Å². The normalized spacial score (nSPS) is 23.3. The summed E-state index contributed by atoms with van der Waals surface area (Å²) in [6, 6.07) is 4.18. The second kappa shape index (κ2) is 4.45. The van der Waals surface area contributed by atoms with E-state index >= 15 is 0 Å². The number of halogens is 1. The molecule has 0 unspecified atom stereocenters. The zero-order valence-corrected chi connectivity index (χ0v) is 12.0. The molecule has 1 aliphatic rings. The van der Waals surface area contributed by atoms with Crippen molar-refractivity contribution in [2.75, 3.05) is 0 Å². The van der Waals surface area contributed by atoms with Crippen LogP contribution in [0.2, 0.25) is 0 Å². The minimum absolute atomic E-state index is 0.297. The molecular formula is C13H18FNO3S. The molecule has 0 bridgehead atoms. The van der Waals surface area contributed by atoms with E-state index in [0.29, 0.717) is 17.7 Å². The van der Waals surface area contributed by atoms with Gasteiger partial charge < -0.3 is 4.74 Å². The van der Waals surface area contributed by atoms with Crippen LogP contribution < -0.4 is 9.88 Å². The van der Waals surface area contributed by atoms with Gasteiger partial charge in [-0.15, -0.1) is 0 Å². The molecule has 0 aromatic heterocycles. The first kappa shape index (κ1) is 14.3. The van der Waals surface area contributed by atoms with Crippen LogP contribution in [0.15, 0.2) is 18.2 Å². The molecule has 2 N–H and O–H groups in total. The second-order valence-electron chi connectivity index (χ2n) is 5.65. The minimum atomic E-state index is -3.65. The van der Waals surface area contributed by atoms with Gasteiger partial charge in [0.2, 0.25) is 10.0 Å². The van der Waals surface area contributed by atoms with Gasteiger partial charge in [-0.3, -0.25) is 0 Å². The Labute approximate surface area is 112 Å². The Balaban J connectivity index is 2.52. The molecule has 19 heavy (non-hydrogen) atoms. The van der Waals surface area contributed by atoms with Gasteiger partial charge >= 0.3 is 0 Å². The summed E-state index contributed by atoms with van der Waals surface area (Å²) in [6.45, 7) is 5.28. The molecule has 106 valence electrons. The molecule has 1 aromatic rings. The SMILES string of the molecule is C[C@H]([C@@H]1CC(C)(C)Oc2cc(F)ccc21)S(N)(=O)=O. The van der Waals surface area contributed by atoms with Gasteiger partial charge in [-0.1, -0.05) is 6.07 Å². The summed E-state index contributed by atoms with van der Waals surface area (Å²) in [5.74, 6) is -0.301. The molecule has 0 saturated carbocycles. The predicted molar refractivity (Wildman–Crippen MR) is 71.0 cm³/mol. The highest BCUT2D eigenvalue weighted by Gasteiger charge is 2.39. The maximum Gasteiger partial charge on any atom is 0.212 e. The van der Waals surface area contributed by atoms with Gasteiger partial charge in [-0.2, -0.15) is 0 Å².